The molecule has 1 aromatic rings. The fourth-order valence-corrected chi connectivity index (χ4v) is 2.46. The Bertz CT molecular complexity index is 504. The van der Waals surface area contributed by atoms with E-state index in [9.17, 15) is 8.42 Å². The van der Waals surface area contributed by atoms with Crippen molar-refractivity contribution in [1.29, 1.82) is 0 Å². The first kappa shape index (κ1) is 13.1. The van der Waals surface area contributed by atoms with Crippen LogP contribution in [-0.4, -0.2) is 28.9 Å². The van der Waals surface area contributed by atoms with E-state index in [0.29, 0.717) is 5.82 Å². The maximum absolute atomic E-state index is 11.9. The van der Waals surface area contributed by atoms with Gasteiger partial charge in [0.15, 0.2) is 5.03 Å². The van der Waals surface area contributed by atoms with Crippen molar-refractivity contribution in [3.05, 3.63) is 12.0 Å². The van der Waals surface area contributed by atoms with Crippen molar-refractivity contribution in [2.45, 2.75) is 31.3 Å². The molecule has 0 radical (unpaired) electrons. The maximum Gasteiger partial charge on any atom is 0.258 e. The average molecular weight is 262 g/mol. The van der Waals surface area contributed by atoms with Gasteiger partial charge in [0.1, 0.15) is 5.82 Å². The lowest BCUT2D eigenvalue weighted by Gasteiger charge is -2.23. The van der Waals surface area contributed by atoms with E-state index in [0.717, 1.165) is 0 Å². The zero-order valence-corrected chi connectivity index (χ0v) is 10.9. The molecule has 0 aliphatic carbocycles. The number of imidazole rings is 1. The van der Waals surface area contributed by atoms with Gasteiger partial charge in [-0.05, 0) is 20.8 Å². The summed E-state index contributed by atoms with van der Waals surface area (Å²) in [7, 11) is -3.68. The normalized spacial score (nSPS) is 12.7. The number of aryl methyl sites for hydroxylation is 1. The monoisotopic (exact) mass is 262 g/mol. The first-order valence-corrected chi connectivity index (χ1v) is 6.40. The van der Waals surface area contributed by atoms with Crippen LogP contribution in [0.25, 0.3) is 0 Å². The van der Waals surface area contributed by atoms with E-state index in [-0.39, 0.29) is 10.0 Å². The highest BCUT2D eigenvalue weighted by atomic mass is 32.2. The number of nitrogens with two attached hydrogens (primary N) is 1. The van der Waals surface area contributed by atoms with Crippen molar-refractivity contribution in [3.63, 3.8) is 0 Å². The predicted octanol–water partition coefficient (Wildman–Crippen LogP) is 0.0611. The maximum atomic E-state index is 11.9. The number of nitrogens with one attached hydrogen (secondary N) is 2. The summed E-state index contributed by atoms with van der Waals surface area (Å²) >= 11 is 4.78. The number of sulfonamides is 1. The minimum absolute atomic E-state index is 0.00525. The molecule has 4 N–H and O–H groups in total. The van der Waals surface area contributed by atoms with Crippen molar-refractivity contribution in [2.24, 2.45) is 5.73 Å². The van der Waals surface area contributed by atoms with E-state index < -0.39 is 15.6 Å². The van der Waals surface area contributed by atoms with Crippen LogP contribution in [0.2, 0.25) is 0 Å². The highest BCUT2D eigenvalue weighted by Gasteiger charge is 2.29. The number of H-pyrrole nitrogens is 1. The molecule has 0 spiro atoms. The number of rotatable bonds is 4. The molecular weight excluding hydrogens is 248 g/mol. The van der Waals surface area contributed by atoms with E-state index in [1.807, 2.05) is 0 Å². The highest BCUT2D eigenvalue weighted by molar-refractivity contribution is 7.89. The third-order valence-electron chi connectivity index (χ3n) is 1.97. The van der Waals surface area contributed by atoms with Crippen molar-refractivity contribution in [1.82, 2.24) is 14.7 Å². The molecule has 0 bridgehead atoms. The van der Waals surface area contributed by atoms with Crippen molar-refractivity contribution in [2.75, 3.05) is 0 Å². The van der Waals surface area contributed by atoms with Gasteiger partial charge in [-0.25, -0.2) is 13.4 Å². The Morgan fingerprint density at radius 1 is 1.62 bits per heavy atom. The summed E-state index contributed by atoms with van der Waals surface area (Å²) in [6.07, 6.45) is 1.24. The predicted molar refractivity (Wildman–Crippen MR) is 64.5 cm³/mol. The van der Waals surface area contributed by atoms with Gasteiger partial charge in [0.05, 0.1) is 16.7 Å². The largest absolute Gasteiger partial charge is 0.392 e. The molecule has 0 saturated heterocycles. The summed E-state index contributed by atoms with van der Waals surface area (Å²) in [6.45, 7) is 4.85. The summed E-state index contributed by atoms with van der Waals surface area (Å²) in [6, 6.07) is 0. The van der Waals surface area contributed by atoms with Gasteiger partial charge in [-0.3, -0.25) is 0 Å². The van der Waals surface area contributed by atoms with Gasteiger partial charge in [0.2, 0.25) is 0 Å². The second kappa shape index (κ2) is 4.11. The molecule has 1 aromatic heterocycles. The molecule has 0 amide bonds. The second-order valence-electron chi connectivity index (χ2n) is 3.93. The highest BCUT2D eigenvalue weighted by Crippen LogP contribution is 2.11. The third-order valence-corrected chi connectivity index (χ3v) is 4.05. The zero-order valence-electron chi connectivity index (χ0n) is 9.23. The lowest BCUT2D eigenvalue weighted by molar-refractivity contribution is 0.543. The molecule has 16 heavy (non-hydrogen) atoms. The fourth-order valence-electron chi connectivity index (χ4n) is 0.976. The van der Waals surface area contributed by atoms with Crippen molar-refractivity contribution in [3.8, 4) is 0 Å². The molecule has 1 heterocycles. The minimum atomic E-state index is -3.68. The Labute approximate surface area is 99.7 Å². The summed E-state index contributed by atoms with van der Waals surface area (Å²) in [4.78, 5) is 6.53. The molecule has 0 aromatic carbocycles. The minimum Gasteiger partial charge on any atom is -0.392 e. The molecule has 8 heteroatoms. The topological polar surface area (TPSA) is 101 Å². The molecule has 90 valence electrons. The van der Waals surface area contributed by atoms with E-state index in [2.05, 4.69) is 14.7 Å². The van der Waals surface area contributed by atoms with Crippen LogP contribution >= 0.6 is 12.2 Å². The SMILES string of the molecule is Cc1ncc(S(=O)(=O)NC(C)(C)C(N)=S)[nH]1. The third kappa shape index (κ3) is 2.77. The second-order valence-corrected chi connectivity index (χ2v) is 6.02. The van der Waals surface area contributed by atoms with Crippen LogP contribution in [0.5, 0.6) is 0 Å². The zero-order chi connectivity index (χ0) is 12.6. The smallest absolute Gasteiger partial charge is 0.258 e. The Balaban J connectivity index is 3.02. The Morgan fingerprint density at radius 2 is 2.19 bits per heavy atom. The first-order valence-electron chi connectivity index (χ1n) is 4.50. The number of thiocarbonyl (C=S) groups is 1. The lowest BCUT2D eigenvalue weighted by atomic mass is 10.1. The van der Waals surface area contributed by atoms with Gasteiger partial charge in [-0.2, -0.15) is 4.72 Å². The lowest BCUT2D eigenvalue weighted by Crippen LogP contribution is -2.52. The number of hydrogen-bond donors (Lipinski definition) is 3. The summed E-state index contributed by atoms with van der Waals surface area (Å²) in [5.74, 6) is 0.522. The van der Waals surface area contributed by atoms with Gasteiger partial charge in [-0.15, -0.1) is 0 Å². The van der Waals surface area contributed by atoms with E-state index in [1.165, 1.54) is 6.20 Å². The van der Waals surface area contributed by atoms with Crippen LogP contribution in [0.4, 0.5) is 0 Å². The van der Waals surface area contributed by atoms with Gasteiger partial charge >= 0.3 is 0 Å². The molecular formula is C8H14N4O2S2. The van der Waals surface area contributed by atoms with Gasteiger partial charge in [0.25, 0.3) is 10.0 Å². The number of aromatic amines is 1. The number of nitrogens with zero attached hydrogens (tertiary/aromatic N) is 1. The van der Waals surface area contributed by atoms with E-state index in [4.69, 9.17) is 18.0 Å². The van der Waals surface area contributed by atoms with Gasteiger partial charge in [0, 0.05) is 0 Å². The van der Waals surface area contributed by atoms with Crippen LogP contribution in [-0.2, 0) is 10.0 Å². The molecule has 0 saturated carbocycles. The Morgan fingerprint density at radius 3 is 2.56 bits per heavy atom. The Hall–Kier alpha value is -0.990. The molecule has 1 rings (SSSR count). The van der Waals surface area contributed by atoms with Gasteiger partial charge in [-0.1, -0.05) is 12.2 Å². The first-order chi connectivity index (χ1) is 7.15. The van der Waals surface area contributed by atoms with Crippen molar-refractivity contribution >= 4 is 27.2 Å². The molecule has 6 nitrogen and oxygen atoms in total. The molecule has 0 fully saturated rings. The van der Waals surface area contributed by atoms with Crippen LogP contribution in [0, 0.1) is 6.92 Å². The molecule has 0 atom stereocenters. The van der Waals surface area contributed by atoms with Crippen molar-refractivity contribution < 1.29 is 8.42 Å². The Kier molecular flexibility index (Phi) is 3.36. The van der Waals surface area contributed by atoms with E-state index >= 15 is 0 Å². The molecule has 0 aliphatic rings. The van der Waals surface area contributed by atoms with Crippen LogP contribution in [0.15, 0.2) is 11.2 Å². The summed E-state index contributed by atoms with van der Waals surface area (Å²) in [5, 5.41) is -0.00525. The van der Waals surface area contributed by atoms with Crippen LogP contribution < -0.4 is 10.5 Å². The van der Waals surface area contributed by atoms with E-state index in [1.54, 1.807) is 20.8 Å². The molecule has 0 aliphatic heterocycles. The average Bonchev–Trinajstić information content (AvgIpc) is 2.50. The van der Waals surface area contributed by atoms with Gasteiger partial charge < -0.3 is 10.7 Å². The standard InChI is InChI=1S/C8H14N4O2S2/c1-5-10-4-6(11-5)16(13,14)12-8(2,3)7(9)15/h4,12H,1-3H3,(H2,9,15)(H,10,11). The fraction of sp³-hybridized carbons (Fsp3) is 0.500. The summed E-state index contributed by atoms with van der Waals surface area (Å²) < 4.78 is 26.1. The molecule has 0 unspecified atom stereocenters. The van der Waals surface area contributed by atoms with Crippen LogP contribution in [0.1, 0.15) is 19.7 Å². The van der Waals surface area contributed by atoms with Crippen LogP contribution in [0.3, 0.4) is 0 Å². The number of aromatic nitrogens is 2. The summed E-state index contributed by atoms with van der Waals surface area (Å²) in [5.41, 5.74) is 4.46. The number of hydrogen-bond acceptors (Lipinski definition) is 4. The quantitative estimate of drug-likeness (QED) is 0.666.